The van der Waals surface area contributed by atoms with Gasteiger partial charge < -0.3 is 31.6 Å². The number of anilines is 3. The van der Waals surface area contributed by atoms with E-state index in [0.29, 0.717) is 18.1 Å². The van der Waals surface area contributed by atoms with Crippen molar-refractivity contribution in [3.63, 3.8) is 0 Å². The van der Waals surface area contributed by atoms with E-state index in [-0.39, 0.29) is 18.8 Å². The molecule has 0 saturated heterocycles. The van der Waals surface area contributed by atoms with Crippen LogP contribution in [0.3, 0.4) is 0 Å². The van der Waals surface area contributed by atoms with Crippen LogP contribution in [0.4, 0.5) is 23.0 Å². The first kappa shape index (κ1) is 13.0. The summed E-state index contributed by atoms with van der Waals surface area (Å²) in [7, 11) is 0. The summed E-state index contributed by atoms with van der Waals surface area (Å²) in [4.78, 5) is 13.9. The standard InChI is InChI=1S/C9H15N5O3/c1-2-11-7-5-6(12-3-4-15)8(10)9(13-7)14(16)17/h5,15H,2-4,10H2,1H3,(H2,11,12,13). The first-order valence-electron chi connectivity index (χ1n) is 5.13. The molecular formula is C9H15N5O3. The Morgan fingerprint density at radius 2 is 2.29 bits per heavy atom. The van der Waals surface area contributed by atoms with Crippen LogP contribution in [0.25, 0.3) is 0 Å². The molecule has 0 fully saturated rings. The number of nitrogens with zero attached hydrogens (tertiary/aromatic N) is 2. The number of pyridine rings is 1. The van der Waals surface area contributed by atoms with Gasteiger partial charge in [0, 0.05) is 19.2 Å². The van der Waals surface area contributed by atoms with Crippen molar-refractivity contribution < 1.29 is 10.0 Å². The second kappa shape index (κ2) is 5.85. The molecule has 1 heterocycles. The lowest BCUT2D eigenvalue weighted by atomic mass is 10.3. The Kier molecular flexibility index (Phi) is 4.46. The van der Waals surface area contributed by atoms with Crippen LogP contribution in [0.1, 0.15) is 6.92 Å². The maximum atomic E-state index is 10.8. The quantitative estimate of drug-likeness (QED) is 0.419. The number of hydrogen-bond acceptors (Lipinski definition) is 7. The van der Waals surface area contributed by atoms with Crippen molar-refractivity contribution in [1.29, 1.82) is 0 Å². The molecule has 0 unspecified atom stereocenters. The molecule has 8 nitrogen and oxygen atoms in total. The number of aromatic nitrogens is 1. The predicted molar refractivity (Wildman–Crippen MR) is 65.0 cm³/mol. The highest BCUT2D eigenvalue weighted by molar-refractivity contribution is 5.76. The zero-order chi connectivity index (χ0) is 12.8. The van der Waals surface area contributed by atoms with Gasteiger partial charge in [-0.15, -0.1) is 0 Å². The van der Waals surface area contributed by atoms with Gasteiger partial charge in [-0.1, -0.05) is 0 Å². The Balaban J connectivity index is 3.12. The minimum Gasteiger partial charge on any atom is -0.395 e. The largest absolute Gasteiger partial charge is 0.395 e. The minimum absolute atomic E-state index is 0.0369. The van der Waals surface area contributed by atoms with Crippen LogP contribution in [0.5, 0.6) is 0 Å². The van der Waals surface area contributed by atoms with E-state index >= 15 is 0 Å². The van der Waals surface area contributed by atoms with Gasteiger partial charge in [0.2, 0.25) is 5.82 Å². The van der Waals surface area contributed by atoms with E-state index in [0.717, 1.165) is 0 Å². The molecule has 0 spiro atoms. The van der Waals surface area contributed by atoms with Crippen LogP contribution in [0.2, 0.25) is 0 Å². The molecule has 0 radical (unpaired) electrons. The molecule has 1 aromatic rings. The van der Waals surface area contributed by atoms with Crippen LogP contribution < -0.4 is 16.4 Å². The van der Waals surface area contributed by atoms with Gasteiger partial charge in [-0.2, -0.15) is 0 Å². The fourth-order valence-corrected chi connectivity index (χ4v) is 1.29. The van der Waals surface area contributed by atoms with Crippen LogP contribution in [0.15, 0.2) is 6.07 Å². The van der Waals surface area contributed by atoms with Gasteiger partial charge in [0.05, 0.1) is 12.3 Å². The van der Waals surface area contributed by atoms with Gasteiger partial charge in [-0.25, -0.2) is 0 Å². The molecule has 17 heavy (non-hydrogen) atoms. The van der Waals surface area contributed by atoms with Crippen LogP contribution >= 0.6 is 0 Å². The Hall–Kier alpha value is -2.09. The van der Waals surface area contributed by atoms with E-state index in [4.69, 9.17) is 10.8 Å². The number of nitro groups is 1. The molecule has 1 aromatic heterocycles. The Morgan fingerprint density at radius 1 is 1.59 bits per heavy atom. The number of aliphatic hydroxyl groups excluding tert-OH is 1. The molecular weight excluding hydrogens is 226 g/mol. The molecule has 1 rings (SSSR count). The maximum Gasteiger partial charge on any atom is 0.391 e. The van der Waals surface area contributed by atoms with E-state index < -0.39 is 10.7 Å². The first-order chi connectivity index (χ1) is 8.10. The van der Waals surface area contributed by atoms with E-state index in [9.17, 15) is 10.1 Å². The highest BCUT2D eigenvalue weighted by Gasteiger charge is 2.19. The third-order valence-corrected chi connectivity index (χ3v) is 2.00. The number of nitrogen functional groups attached to an aromatic ring is 1. The van der Waals surface area contributed by atoms with E-state index in [1.54, 1.807) is 6.07 Å². The normalized spacial score (nSPS) is 10.0. The third-order valence-electron chi connectivity index (χ3n) is 2.00. The average molecular weight is 241 g/mol. The van der Waals surface area contributed by atoms with Gasteiger partial charge in [-0.05, 0) is 16.8 Å². The SMILES string of the molecule is CCNc1cc(NCCO)c(N)c([N+](=O)[O-])n1. The fraction of sp³-hybridized carbons (Fsp3) is 0.444. The van der Waals surface area contributed by atoms with E-state index in [2.05, 4.69) is 15.6 Å². The summed E-state index contributed by atoms with van der Waals surface area (Å²) in [6, 6.07) is 1.57. The number of aliphatic hydroxyl groups is 1. The van der Waals surface area contributed by atoms with E-state index in [1.807, 2.05) is 6.92 Å². The zero-order valence-corrected chi connectivity index (χ0v) is 9.43. The number of nitrogens with two attached hydrogens (primary N) is 1. The Morgan fingerprint density at radius 3 is 2.82 bits per heavy atom. The number of hydrogen-bond donors (Lipinski definition) is 4. The maximum absolute atomic E-state index is 10.8. The van der Waals surface area contributed by atoms with Crippen molar-refractivity contribution in [2.24, 2.45) is 0 Å². The Bertz CT molecular complexity index is 410. The third kappa shape index (κ3) is 3.18. The van der Waals surface area contributed by atoms with Crippen LogP contribution in [0, 0.1) is 10.1 Å². The van der Waals surface area contributed by atoms with Gasteiger partial charge in [0.1, 0.15) is 0 Å². The topological polar surface area (TPSA) is 126 Å². The summed E-state index contributed by atoms with van der Waals surface area (Å²) in [5, 5.41) is 25.1. The summed E-state index contributed by atoms with van der Waals surface area (Å²) in [6.07, 6.45) is 0. The molecule has 5 N–H and O–H groups in total. The molecule has 0 amide bonds. The molecule has 0 saturated carbocycles. The number of rotatable bonds is 6. The predicted octanol–water partition coefficient (Wildman–Crippen LogP) is 0.408. The lowest BCUT2D eigenvalue weighted by molar-refractivity contribution is -0.388. The van der Waals surface area contributed by atoms with Gasteiger partial charge in [0.15, 0.2) is 5.69 Å². The minimum atomic E-state index is -0.639. The smallest absolute Gasteiger partial charge is 0.391 e. The summed E-state index contributed by atoms with van der Waals surface area (Å²) in [6.45, 7) is 2.61. The molecule has 0 aliphatic carbocycles. The van der Waals surface area contributed by atoms with Crippen molar-refractivity contribution in [3.05, 3.63) is 16.2 Å². The highest BCUT2D eigenvalue weighted by Crippen LogP contribution is 2.30. The summed E-state index contributed by atoms with van der Waals surface area (Å²) < 4.78 is 0. The van der Waals surface area contributed by atoms with Crippen LogP contribution in [-0.2, 0) is 0 Å². The molecule has 8 heteroatoms. The summed E-state index contributed by atoms with van der Waals surface area (Å²) >= 11 is 0. The average Bonchev–Trinajstić information content (AvgIpc) is 2.29. The molecule has 0 atom stereocenters. The molecule has 94 valence electrons. The van der Waals surface area contributed by atoms with Crippen molar-refractivity contribution in [3.8, 4) is 0 Å². The van der Waals surface area contributed by atoms with Crippen molar-refractivity contribution >= 4 is 23.0 Å². The van der Waals surface area contributed by atoms with Crippen molar-refractivity contribution in [2.75, 3.05) is 36.1 Å². The second-order valence-electron chi connectivity index (χ2n) is 3.23. The highest BCUT2D eigenvalue weighted by atomic mass is 16.6. The molecule has 0 aliphatic rings. The van der Waals surface area contributed by atoms with Gasteiger partial charge >= 0.3 is 5.82 Å². The Labute approximate surface area is 98.0 Å². The van der Waals surface area contributed by atoms with Crippen molar-refractivity contribution in [1.82, 2.24) is 4.98 Å². The second-order valence-corrected chi connectivity index (χ2v) is 3.23. The molecule has 0 aromatic carbocycles. The van der Waals surface area contributed by atoms with Crippen molar-refractivity contribution in [2.45, 2.75) is 6.92 Å². The van der Waals surface area contributed by atoms with E-state index in [1.165, 1.54) is 0 Å². The fourth-order valence-electron chi connectivity index (χ4n) is 1.29. The lowest BCUT2D eigenvalue weighted by Crippen LogP contribution is -2.11. The van der Waals surface area contributed by atoms with Gasteiger partial charge in [0.25, 0.3) is 0 Å². The zero-order valence-electron chi connectivity index (χ0n) is 9.43. The molecule has 0 bridgehead atoms. The lowest BCUT2D eigenvalue weighted by Gasteiger charge is -2.09. The van der Waals surface area contributed by atoms with Crippen LogP contribution in [-0.4, -0.2) is 34.7 Å². The van der Waals surface area contributed by atoms with Gasteiger partial charge in [-0.3, -0.25) is 0 Å². The first-order valence-corrected chi connectivity index (χ1v) is 5.13. The summed E-state index contributed by atoms with van der Waals surface area (Å²) in [5.41, 5.74) is 5.96. The summed E-state index contributed by atoms with van der Waals surface area (Å²) in [5.74, 6) is -0.0299. The molecule has 0 aliphatic heterocycles. The number of nitrogens with one attached hydrogen (secondary N) is 2. The monoisotopic (exact) mass is 241 g/mol.